The molecule has 1 aliphatic carbocycles. The molecular formula is C14H15NO3S. The van der Waals surface area contributed by atoms with Crippen LogP contribution in [0.3, 0.4) is 0 Å². The minimum atomic E-state index is -0.118. The smallest absolute Gasteiger partial charge is 0.309 e. The minimum Gasteiger partial charge on any atom is -0.459 e. The van der Waals surface area contributed by atoms with Crippen LogP contribution in [0.1, 0.15) is 24.8 Å². The highest BCUT2D eigenvalue weighted by Crippen LogP contribution is 2.38. The lowest BCUT2D eigenvalue weighted by Crippen LogP contribution is -2.08. The molecule has 0 amide bonds. The van der Waals surface area contributed by atoms with E-state index in [1.54, 1.807) is 11.3 Å². The van der Waals surface area contributed by atoms with Crippen molar-refractivity contribution < 1.29 is 13.9 Å². The number of aromatic nitrogens is 1. The molecule has 2 atom stereocenters. The zero-order valence-electron chi connectivity index (χ0n) is 10.9. The molecule has 5 heteroatoms. The van der Waals surface area contributed by atoms with Gasteiger partial charge in [0, 0.05) is 0 Å². The van der Waals surface area contributed by atoms with Gasteiger partial charge >= 0.3 is 5.97 Å². The summed E-state index contributed by atoms with van der Waals surface area (Å²) in [4.78, 5) is 17.0. The van der Waals surface area contributed by atoms with E-state index >= 15 is 0 Å². The summed E-state index contributed by atoms with van der Waals surface area (Å²) in [5, 5.41) is 1.98. The summed E-state index contributed by atoms with van der Waals surface area (Å²) in [7, 11) is 0. The van der Waals surface area contributed by atoms with Crippen LogP contribution >= 0.6 is 11.3 Å². The van der Waals surface area contributed by atoms with Gasteiger partial charge in [-0.25, -0.2) is 4.98 Å². The van der Waals surface area contributed by atoms with Crippen LogP contribution in [0.2, 0.25) is 0 Å². The summed E-state index contributed by atoms with van der Waals surface area (Å²) in [5.74, 6) is 1.74. The van der Waals surface area contributed by atoms with Crippen LogP contribution in [0.25, 0.3) is 10.8 Å². The second-order valence-electron chi connectivity index (χ2n) is 4.93. The first-order chi connectivity index (χ1) is 9.15. The molecule has 2 unspecified atom stereocenters. The number of rotatable bonds is 4. The molecule has 1 saturated carbocycles. The van der Waals surface area contributed by atoms with E-state index in [1.165, 1.54) is 0 Å². The topological polar surface area (TPSA) is 52.3 Å². The lowest BCUT2D eigenvalue weighted by molar-refractivity contribution is -0.147. The molecule has 19 heavy (non-hydrogen) atoms. The molecule has 100 valence electrons. The highest BCUT2D eigenvalue weighted by molar-refractivity contribution is 7.13. The zero-order valence-corrected chi connectivity index (χ0v) is 11.7. The van der Waals surface area contributed by atoms with Crippen molar-refractivity contribution in [3.63, 3.8) is 0 Å². The maximum Gasteiger partial charge on any atom is 0.309 e. The lowest BCUT2D eigenvalue weighted by atomic mass is 10.3. The molecular weight excluding hydrogens is 262 g/mol. The SMILES string of the molecule is Cc1oc(-c2cccs2)nc1COC(=O)C1CC1C. The molecule has 0 bridgehead atoms. The minimum absolute atomic E-state index is 0.0870. The van der Waals surface area contributed by atoms with Gasteiger partial charge in [0.2, 0.25) is 5.89 Å². The maximum absolute atomic E-state index is 11.7. The molecule has 1 aliphatic rings. The second kappa shape index (κ2) is 4.81. The van der Waals surface area contributed by atoms with Gasteiger partial charge in [-0.15, -0.1) is 11.3 Å². The van der Waals surface area contributed by atoms with Crippen molar-refractivity contribution in [1.29, 1.82) is 0 Å². The van der Waals surface area contributed by atoms with E-state index < -0.39 is 0 Å². The normalized spacial score (nSPS) is 21.4. The first kappa shape index (κ1) is 12.4. The number of nitrogens with zero attached hydrogens (tertiary/aromatic N) is 1. The summed E-state index contributed by atoms with van der Waals surface area (Å²) >= 11 is 1.57. The van der Waals surface area contributed by atoms with Crippen molar-refractivity contribution in [2.75, 3.05) is 0 Å². The highest BCUT2D eigenvalue weighted by atomic mass is 32.1. The number of aryl methyl sites for hydroxylation is 1. The average Bonchev–Trinajstić information content (AvgIpc) is 2.84. The third-order valence-electron chi connectivity index (χ3n) is 3.39. The summed E-state index contributed by atoms with van der Waals surface area (Å²) in [5.41, 5.74) is 0.699. The summed E-state index contributed by atoms with van der Waals surface area (Å²) in [6.45, 7) is 4.10. The summed E-state index contributed by atoms with van der Waals surface area (Å²) < 4.78 is 10.9. The Morgan fingerprint density at radius 1 is 1.63 bits per heavy atom. The Morgan fingerprint density at radius 3 is 3.05 bits per heavy atom. The van der Waals surface area contributed by atoms with Gasteiger partial charge in [-0.1, -0.05) is 13.0 Å². The number of hydrogen-bond donors (Lipinski definition) is 0. The monoisotopic (exact) mass is 277 g/mol. The van der Waals surface area contributed by atoms with Gasteiger partial charge < -0.3 is 9.15 Å². The van der Waals surface area contributed by atoms with E-state index in [-0.39, 0.29) is 18.5 Å². The van der Waals surface area contributed by atoms with Gasteiger partial charge in [0.05, 0.1) is 10.8 Å². The largest absolute Gasteiger partial charge is 0.459 e. The van der Waals surface area contributed by atoms with E-state index in [0.717, 1.165) is 11.3 Å². The van der Waals surface area contributed by atoms with Crippen LogP contribution in [-0.2, 0) is 16.1 Å². The summed E-state index contributed by atoms with van der Waals surface area (Å²) in [6.07, 6.45) is 0.942. The van der Waals surface area contributed by atoms with Crippen molar-refractivity contribution in [1.82, 2.24) is 4.98 Å². The molecule has 4 nitrogen and oxygen atoms in total. The predicted molar refractivity (Wildman–Crippen MR) is 71.6 cm³/mol. The molecule has 0 aromatic carbocycles. The first-order valence-electron chi connectivity index (χ1n) is 6.32. The van der Waals surface area contributed by atoms with E-state index in [0.29, 0.717) is 23.3 Å². The van der Waals surface area contributed by atoms with Crippen LogP contribution in [0.4, 0.5) is 0 Å². The van der Waals surface area contributed by atoms with Gasteiger partial charge in [0.25, 0.3) is 0 Å². The molecule has 2 heterocycles. The van der Waals surface area contributed by atoms with E-state index in [9.17, 15) is 4.79 Å². The van der Waals surface area contributed by atoms with E-state index in [2.05, 4.69) is 11.9 Å². The fourth-order valence-corrected chi connectivity index (χ4v) is 2.61. The van der Waals surface area contributed by atoms with Crippen molar-refractivity contribution >= 4 is 17.3 Å². The fraction of sp³-hybridized carbons (Fsp3) is 0.429. The number of esters is 1. The average molecular weight is 277 g/mol. The van der Waals surface area contributed by atoms with Crippen LogP contribution in [0.5, 0.6) is 0 Å². The molecule has 2 aromatic heterocycles. The molecule has 0 spiro atoms. The van der Waals surface area contributed by atoms with Gasteiger partial charge in [-0.3, -0.25) is 4.79 Å². The zero-order chi connectivity index (χ0) is 13.4. The highest BCUT2D eigenvalue weighted by Gasteiger charge is 2.40. The number of oxazole rings is 1. The molecule has 0 aliphatic heterocycles. The fourth-order valence-electron chi connectivity index (χ4n) is 1.96. The van der Waals surface area contributed by atoms with Gasteiger partial charge in [-0.05, 0) is 30.7 Å². The van der Waals surface area contributed by atoms with Gasteiger partial charge in [-0.2, -0.15) is 0 Å². The second-order valence-corrected chi connectivity index (χ2v) is 5.87. The molecule has 3 rings (SSSR count). The summed E-state index contributed by atoms with van der Waals surface area (Å²) in [6, 6.07) is 3.91. The number of carbonyl (C=O) groups excluding carboxylic acids is 1. The third kappa shape index (κ3) is 2.56. The first-order valence-corrected chi connectivity index (χ1v) is 7.20. The number of carbonyl (C=O) groups is 1. The van der Waals surface area contributed by atoms with Gasteiger partial charge in [0.15, 0.2) is 0 Å². The number of ether oxygens (including phenoxy) is 1. The Morgan fingerprint density at radius 2 is 2.42 bits per heavy atom. The van der Waals surface area contributed by atoms with Crippen molar-refractivity contribution in [3.8, 4) is 10.8 Å². The third-order valence-corrected chi connectivity index (χ3v) is 4.25. The predicted octanol–water partition coefficient (Wildman–Crippen LogP) is 3.41. The van der Waals surface area contributed by atoms with Crippen molar-refractivity contribution in [2.24, 2.45) is 11.8 Å². The van der Waals surface area contributed by atoms with Gasteiger partial charge in [0.1, 0.15) is 18.1 Å². The molecule has 1 fully saturated rings. The van der Waals surface area contributed by atoms with Crippen molar-refractivity contribution in [3.05, 3.63) is 29.0 Å². The Balaban J connectivity index is 1.66. The quantitative estimate of drug-likeness (QED) is 0.804. The van der Waals surface area contributed by atoms with Crippen LogP contribution < -0.4 is 0 Å². The van der Waals surface area contributed by atoms with Crippen LogP contribution in [0, 0.1) is 18.8 Å². The van der Waals surface area contributed by atoms with Crippen LogP contribution in [0.15, 0.2) is 21.9 Å². The molecule has 0 radical (unpaired) electrons. The Hall–Kier alpha value is -1.62. The maximum atomic E-state index is 11.7. The Labute approximate surface area is 115 Å². The number of thiophene rings is 1. The van der Waals surface area contributed by atoms with E-state index in [1.807, 2.05) is 24.4 Å². The standard InChI is InChI=1S/C14H15NO3S/c1-8-6-10(8)14(16)17-7-11-9(2)18-13(15-11)12-4-3-5-19-12/h3-5,8,10H,6-7H2,1-2H3. The molecule has 2 aromatic rings. The molecule has 0 N–H and O–H groups in total. The van der Waals surface area contributed by atoms with E-state index in [4.69, 9.17) is 9.15 Å². The molecule has 0 saturated heterocycles. The Kier molecular flexibility index (Phi) is 3.14. The number of hydrogen-bond acceptors (Lipinski definition) is 5. The Bertz CT molecular complexity index is 588. The van der Waals surface area contributed by atoms with Crippen LogP contribution in [-0.4, -0.2) is 11.0 Å². The van der Waals surface area contributed by atoms with Crippen molar-refractivity contribution in [2.45, 2.75) is 26.9 Å². The lowest BCUT2D eigenvalue weighted by Gasteiger charge is -2.01.